The number of carbonyl (C=O) groups excluding carboxylic acids is 3. The van der Waals surface area contributed by atoms with Crippen LogP contribution in [0, 0.1) is 0 Å². The summed E-state index contributed by atoms with van der Waals surface area (Å²) in [5.41, 5.74) is 2.25. The van der Waals surface area contributed by atoms with Crippen LogP contribution in [0.5, 0.6) is 0 Å². The number of imide groups is 1. The van der Waals surface area contributed by atoms with Gasteiger partial charge in [-0.25, -0.2) is 0 Å². The van der Waals surface area contributed by atoms with Crippen LogP contribution in [0.4, 0.5) is 0 Å². The van der Waals surface area contributed by atoms with E-state index < -0.39 is 0 Å². The van der Waals surface area contributed by atoms with Gasteiger partial charge in [-0.15, -0.1) is 0 Å². The van der Waals surface area contributed by atoms with Gasteiger partial charge in [0.15, 0.2) is 0 Å². The van der Waals surface area contributed by atoms with E-state index in [1.165, 1.54) is 17.6 Å². The maximum Gasteiger partial charge on any atom is 0.261 e. The summed E-state index contributed by atoms with van der Waals surface area (Å²) < 4.78 is 4.98. The molecule has 1 saturated heterocycles. The zero-order chi connectivity index (χ0) is 22.5. The summed E-state index contributed by atoms with van der Waals surface area (Å²) in [6, 6.07) is 15.0. The van der Waals surface area contributed by atoms with Crippen molar-refractivity contribution >= 4 is 23.8 Å². The number of ether oxygens (including phenoxy) is 1. The second kappa shape index (κ2) is 9.89. The Hall–Kier alpha value is -3.29. The van der Waals surface area contributed by atoms with E-state index in [9.17, 15) is 14.4 Å². The largest absolute Gasteiger partial charge is 0.383 e. The van der Waals surface area contributed by atoms with Crippen LogP contribution in [0.1, 0.15) is 36.6 Å². The first kappa shape index (κ1) is 21.9. The van der Waals surface area contributed by atoms with E-state index >= 15 is 0 Å². The Morgan fingerprint density at radius 2 is 1.69 bits per heavy atom. The Labute approximate surface area is 187 Å². The first-order valence-electron chi connectivity index (χ1n) is 10.8. The normalized spacial score (nSPS) is 16.8. The fourth-order valence-corrected chi connectivity index (χ4v) is 4.03. The minimum absolute atomic E-state index is 0.108. The molecule has 0 N–H and O–H groups in total. The average Bonchev–Trinajstić information content (AvgIpc) is 3.07. The quantitative estimate of drug-likeness (QED) is 0.627. The van der Waals surface area contributed by atoms with Gasteiger partial charge in [0.2, 0.25) is 0 Å². The lowest BCUT2D eigenvalue weighted by Gasteiger charge is -2.34. The summed E-state index contributed by atoms with van der Waals surface area (Å²) in [4.78, 5) is 43.4. The maximum absolute atomic E-state index is 13.0. The van der Waals surface area contributed by atoms with E-state index in [1.54, 1.807) is 18.2 Å². The molecule has 32 heavy (non-hydrogen) atoms. The van der Waals surface area contributed by atoms with Gasteiger partial charge in [0.05, 0.1) is 24.3 Å². The van der Waals surface area contributed by atoms with E-state index in [0.29, 0.717) is 29.8 Å². The summed E-state index contributed by atoms with van der Waals surface area (Å²) in [5, 5.41) is 0. The van der Waals surface area contributed by atoms with Crippen molar-refractivity contribution in [2.45, 2.75) is 0 Å². The van der Waals surface area contributed by atoms with E-state index in [-0.39, 0.29) is 30.9 Å². The van der Waals surface area contributed by atoms with Crippen LogP contribution in [-0.4, -0.2) is 85.4 Å². The van der Waals surface area contributed by atoms with E-state index in [1.807, 2.05) is 23.1 Å². The summed E-state index contributed by atoms with van der Waals surface area (Å²) in [6.45, 7) is 4.15. The van der Waals surface area contributed by atoms with Crippen LogP contribution in [0.25, 0.3) is 6.08 Å². The van der Waals surface area contributed by atoms with E-state index in [2.05, 4.69) is 29.2 Å². The molecule has 2 aliphatic heterocycles. The van der Waals surface area contributed by atoms with Gasteiger partial charge in [-0.05, 0) is 23.8 Å². The van der Waals surface area contributed by atoms with Crippen molar-refractivity contribution < 1.29 is 19.1 Å². The summed E-state index contributed by atoms with van der Waals surface area (Å²) in [7, 11) is 1.52. The highest BCUT2D eigenvalue weighted by molar-refractivity contribution is 6.22. The molecule has 2 aromatic carbocycles. The molecule has 1 fully saturated rings. The highest BCUT2D eigenvalue weighted by atomic mass is 16.5. The fraction of sp³-hybridized carbons (Fsp3) is 0.320. The molecular formula is C25H27N3O4. The predicted molar refractivity (Wildman–Crippen MR) is 122 cm³/mol. The molecule has 2 aliphatic rings. The average molecular weight is 434 g/mol. The third-order valence-corrected chi connectivity index (χ3v) is 5.87. The zero-order valence-electron chi connectivity index (χ0n) is 18.2. The Kier molecular flexibility index (Phi) is 6.78. The molecule has 2 heterocycles. The van der Waals surface area contributed by atoms with Crippen LogP contribution < -0.4 is 0 Å². The van der Waals surface area contributed by atoms with Gasteiger partial charge >= 0.3 is 0 Å². The number of methoxy groups -OCH3 is 1. The summed E-state index contributed by atoms with van der Waals surface area (Å²) >= 11 is 0. The minimum Gasteiger partial charge on any atom is -0.383 e. The Morgan fingerprint density at radius 3 is 2.41 bits per heavy atom. The summed E-state index contributed by atoms with van der Waals surface area (Å²) in [5.74, 6) is -0.812. The van der Waals surface area contributed by atoms with Crippen LogP contribution >= 0.6 is 0 Å². The lowest BCUT2D eigenvalue weighted by atomic mass is 10.0. The number of benzene rings is 2. The van der Waals surface area contributed by atoms with Gasteiger partial charge in [-0.2, -0.15) is 0 Å². The lowest BCUT2D eigenvalue weighted by molar-refractivity contribution is 0.0602. The molecule has 0 saturated carbocycles. The lowest BCUT2D eigenvalue weighted by Crippen LogP contribution is -2.48. The molecule has 0 spiro atoms. The number of amides is 3. The number of nitrogens with zero attached hydrogens (tertiary/aromatic N) is 3. The van der Waals surface area contributed by atoms with E-state index in [4.69, 9.17) is 4.74 Å². The van der Waals surface area contributed by atoms with Gasteiger partial charge in [-0.1, -0.05) is 42.5 Å². The number of carbonyl (C=O) groups is 3. The minimum atomic E-state index is -0.369. The third kappa shape index (κ3) is 4.64. The molecule has 0 aromatic heterocycles. The van der Waals surface area contributed by atoms with E-state index in [0.717, 1.165) is 19.6 Å². The van der Waals surface area contributed by atoms with Crippen LogP contribution in [0.3, 0.4) is 0 Å². The van der Waals surface area contributed by atoms with Crippen molar-refractivity contribution in [2.75, 3.05) is 53.0 Å². The number of fused-ring (bicyclic) bond motifs is 1. The Bertz CT molecular complexity index is 1030. The van der Waals surface area contributed by atoms with Crippen molar-refractivity contribution in [1.29, 1.82) is 0 Å². The first-order valence-corrected chi connectivity index (χ1v) is 10.8. The molecule has 166 valence electrons. The Balaban J connectivity index is 1.34. The molecule has 7 heteroatoms. The second-order valence-corrected chi connectivity index (χ2v) is 7.92. The molecule has 7 nitrogen and oxygen atoms in total. The van der Waals surface area contributed by atoms with Crippen LogP contribution in [0.15, 0.2) is 54.6 Å². The SMILES string of the molecule is COCCN1C(=O)c2ccc(C(=O)N3CCN(CC=Cc4ccccc4)CC3)cc2C1=O. The molecule has 0 aliphatic carbocycles. The number of hydrogen-bond acceptors (Lipinski definition) is 5. The summed E-state index contributed by atoms with van der Waals surface area (Å²) in [6.07, 6.45) is 4.25. The molecule has 4 rings (SSSR count). The van der Waals surface area contributed by atoms with Crippen LogP contribution in [0.2, 0.25) is 0 Å². The van der Waals surface area contributed by atoms with Crippen molar-refractivity contribution in [1.82, 2.24) is 14.7 Å². The van der Waals surface area contributed by atoms with Gasteiger partial charge < -0.3 is 9.64 Å². The smallest absolute Gasteiger partial charge is 0.261 e. The fourth-order valence-electron chi connectivity index (χ4n) is 4.03. The number of rotatable bonds is 7. The second-order valence-electron chi connectivity index (χ2n) is 7.92. The molecule has 0 bridgehead atoms. The monoisotopic (exact) mass is 433 g/mol. The van der Waals surface area contributed by atoms with Crippen molar-refractivity contribution in [3.05, 3.63) is 76.9 Å². The van der Waals surface area contributed by atoms with Gasteiger partial charge in [0.1, 0.15) is 0 Å². The van der Waals surface area contributed by atoms with Crippen LogP contribution in [-0.2, 0) is 4.74 Å². The highest BCUT2D eigenvalue weighted by Gasteiger charge is 2.36. The Morgan fingerprint density at radius 1 is 0.969 bits per heavy atom. The van der Waals surface area contributed by atoms with Crippen molar-refractivity contribution in [3.63, 3.8) is 0 Å². The van der Waals surface area contributed by atoms with Crippen molar-refractivity contribution in [3.8, 4) is 0 Å². The van der Waals surface area contributed by atoms with Gasteiger partial charge in [0.25, 0.3) is 17.7 Å². The maximum atomic E-state index is 13.0. The molecule has 2 aromatic rings. The number of hydrogen-bond donors (Lipinski definition) is 0. The number of piperazine rings is 1. The standard InChI is InChI=1S/C25H27N3O4/c1-32-17-16-28-24(30)21-10-9-20(18-22(21)25(28)31)23(29)27-14-12-26(13-15-27)11-5-8-19-6-3-2-4-7-19/h2-10,18H,11-17H2,1H3. The van der Waals surface area contributed by atoms with Gasteiger partial charge in [0, 0.05) is 45.4 Å². The third-order valence-electron chi connectivity index (χ3n) is 5.87. The predicted octanol–water partition coefficient (Wildman–Crippen LogP) is 2.40. The molecular weight excluding hydrogens is 406 g/mol. The van der Waals surface area contributed by atoms with Gasteiger partial charge in [-0.3, -0.25) is 24.2 Å². The highest BCUT2D eigenvalue weighted by Crippen LogP contribution is 2.24. The first-order chi connectivity index (χ1) is 15.6. The zero-order valence-corrected chi connectivity index (χ0v) is 18.2. The topological polar surface area (TPSA) is 70.2 Å². The molecule has 0 unspecified atom stereocenters. The van der Waals surface area contributed by atoms with Crippen molar-refractivity contribution in [2.24, 2.45) is 0 Å². The molecule has 0 radical (unpaired) electrons. The molecule has 0 atom stereocenters. The molecule has 3 amide bonds.